The first-order valence-electron chi connectivity index (χ1n) is 9.75. The Morgan fingerprint density at radius 2 is 2.03 bits per heavy atom. The van der Waals surface area contributed by atoms with Gasteiger partial charge in [-0.2, -0.15) is 5.06 Å². The van der Waals surface area contributed by atoms with E-state index in [2.05, 4.69) is 0 Å². The van der Waals surface area contributed by atoms with Gasteiger partial charge < -0.3 is 14.2 Å². The van der Waals surface area contributed by atoms with Crippen LogP contribution < -0.4 is 5.06 Å². The Kier molecular flexibility index (Phi) is 5.51. The van der Waals surface area contributed by atoms with E-state index in [9.17, 15) is 14.8 Å². The number of carbonyl (C=O) groups excluding carboxylic acids is 2. The highest BCUT2D eigenvalue weighted by Crippen LogP contribution is 2.46. The van der Waals surface area contributed by atoms with E-state index < -0.39 is 5.66 Å². The molecule has 7 nitrogen and oxygen atoms in total. The van der Waals surface area contributed by atoms with Crippen LogP contribution in [0.3, 0.4) is 0 Å². The number of allylic oxidation sites excluding steroid dienone is 2. The Labute approximate surface area is 179 Å². The number of halogens is 1. The molecule has 2 saturated heterocycles. The fourth-order valence-corrected chi connectivity index (χ4v) is 4.41. The number of hydroxylamine groups is 2. The van der Waals surface area contributed by atoms with Crippen LogP contribution in [0.5, 0.6) is 0 Å². The van der Waals surface area contributed by atoms with Crippen molar-refractivity contribution in [3.8, 4) is 0 Å². The SMILES string of the molecule is C[NH+](O)/C=C\C=C1/CCC2(c3ccc(Cl)cc3)N(CCN2C(=O)c2ccoc2)C1=O. The second-order valence-corrected chi connectivity index (χ2v) is 7.88. The number of furan rings is 1. The van der Waals surface area contributed by atoms with Crippen molar-refractivity contribution in [2.24, 2.45) is 0 Å². The number of piperidine rings is 1. The summed E-state index contributed by atoms with van der Waals surface area (Å²) >= 11 is 6.09. The summed E-state index contributed by atoms with van der Waals surface area (Å²) in [5, 5.41) is 10.1. The average molecular weight is 429 g/mol. The molecular formula is C22H23ClN3O4+. The molecule has 2 unspecified atom stereocenters. The molecule has 2 fully saturated rings. The second-order valence-electron chi connectivity index (χ2n) is 7.44. The maximum absolute atomic E-state index is 13.4. The molecule has 0 aliphatic carbocycles. The zero-order valence-corrected chi connectivity index (χ0v) is 17.3. The first-order chi connectivity index (χ1) is 14.4. The van der Waals surface area contributed by atoms with Gasteiger partial charge in [-0.15, -0.1) is 0 Å². The molecule has 0 bridgehead atoms. The largest absolute Gasteiger partial charge is 0.472 e. The number of nitrogens with one attached hydrogen (secondary N) is 1. The first-order valence-corrected chi connectivity index (χ1v) is 10.1. The minimum atomic E-state index is -0.879. The van der Waals surface area contributed by atoms with Crippen LogP contribution in [0.1, 0.15) is 28.8 Å². The number of quaternary nitrogens is 1. The normalized spacial score (nSPS) is 24.0. The predicted molar refractivity (Wildman–Crippen MR) is 110 cm³/mol. The highest BCUT2D eigenvalue weighted by atomic mass is 35.5. The van der Waals surface area contributed by atoms with Crippen molar-refractivity contribution in [2.75, 3.05) is 20.1 Å². The molecule has 1 aromatic heterocycles. The molecule has 4 rings (SSSR count). The van der Waals surface area contributed by atoms with Crippen LogP contribution in [0.4, 0.5) is 0 Å². The van der Waals surface area contributed by atoms with Gasteiger partial charge in [0.1, 0.15) is 25.2 Å². The van der Waals surface area contributed by atoms with Gasteiger partial charge in [-0.3, -0.25) is 9.59 Å². The van der Waals surface area contributed by atoms with Crippen LogP contribution >= 0.6 is 11.6 Å². The van der Waals surface area contributed by atoms with E-state index in [-0.39, 0.29) is 16.9 Å². The van der Waals surface area contributed by atoms with Gasteiger partial charge in [0.05, 0.1) is 11.8 Å². The summed E-state index contributed by atoms with van der Waals surface area (Å²) < 4.78 is 5.10. The van der Waals surface area contributed by atoms with E-state index in [4.69, 9.17) is 16.0 Å². The van der Waals surface area contributed by atoms with Crippen molar-refractivity contribution in [2.45, 2.75) is 18.5 Å². The molecule has 2 aliphatic heterocycles. The van der Waals surface area contributed by atoms with Crippen molar-refractivity contribution in [3.05, 3.63) is 82.9 Å². The summed E-state index contributed by atoms with van der Waals surface area (Å²) in [6.45, 7) is 0.849. The van der Waals surface area contributed by atoms with Gasteiger partial charge in [-0.05, 0) is 48.8 Å². The Balaban J connectivity index is 1.75. The molecule has 30 heavy (non-hydrogen) atoms. The van der Waals surface area contributed by atoms with Crippen molar-refractivity contribution >= 4 is 23.4 Å². The van der Waals surface area contributed by atoms with E-state index in [0.29, 0.717) is 42.1 Å². The quantitative estimate of drug-likeness (QED) is 0.578. The fourth-order valence-electron chi connectivity index (χ4n) is 4.29. The lowest BCUT2D eigenvalue weighted by atomic mass is 9.85. The van der Waals surface area contributed by atoms with Crippen LogP contribution in [-0.2, 0) is 10.5 Å². The van der Waals surface area contributed by atoms with Gasteiger partial charge in [-0.25, -0.2) is 5.21 Å². The van der Waals surface area contributed by atoms with Gasteiger partial charge in [0, 0.05) is 23.7 Å². The second kappa shape index (κ2) is 8.10. The molecule has 0 saturated carbocycles. The number of fused-ring (bicyclic) bond motifs is 1. The Morgan fingerprint density at radius 1 is 1.27 bits per heavy atom. The summed E-state index contributed by atoms with van der Waals surface area (Å²) in [6, 6.07) is 8.95. The van der Waals surface area contributed by atoms with Crippen molar-refractivity contribution < 1.29 is 24.3 Å². The molecule has 2 aromatic rings. The third kappa shape index (κ3) is 3.45. The van der Waals surface area contributed by atoms with Crippen LogP contribution in [0.2, 0.25) is 5.02 Å². The standard InChI is InChI=1S/C22H22ClN3O4/c1-24(29)11-2-3-16-8-10-22(18-4-6-19(23)7-5-18)25(20(16)27)12-13-26(22)21(28)17-9-14-30-15-17/h2-7,9,11,14-15,29H,8,10,12-13H2,1H3/p+1/b11-2-,16-3+. The Bertz CT molecular complexity index is 998. The molecule has 1 aromatic carbocycles. The van der Waals surface area contributed by atoms with E-state index in [1.165, 1.54) is 12.5 Å². The third-order valence-electron chi connectivity index (χ3n) is 5.66. The van der Waals surface area contributed by atoms with E-state index in [0.717, 1.165) is 5.56 Å². The van der Waals surface area contributed by atoms with Crippen LogP contribution in [0, 0.1) is 0 Å². The molecule has 3 heterocycles. The Hall–Kier alpha value is -2.87. The maximum atomic E-state index is 13.4. The molecule has 156 valence electrons. The molecule has 2 N–H and O–H groups in total. The molecular weight excluding hydrogens is 406 g/mol. The summed E-state index contributed by atoms with van der Waals surface area (Å²) in [5.41, 5.74) is 1.07. The number of benzene rings is 1. The van der Waals surface area contributed by atoms with Crippen molar-refractivity contribution in [3.63, 3.8) is 0 Å². The number of rotatable bonds is 4. The summed E-state index contributed by atoms with van der Waals surface area (Å²) in [4.78, 5) is 30.2. The number of hydrogen-bond acceptors (Lipinski definition) is 4. The molecule has 0 radical (unpaired) electrons. The lowest BCUT2D eigenvalue weighted by Crippen LogP contribution is -3.01. The van der Waals surface area contributed by atoms with Crippen LogP contribution in [0.25, 0.3) is 0 Å². The lowest BCUT2D eigenvalue weighted by molar-refractivity contribution is -1.03. The fraction of sp³-hybridized carbons (Fsp3) is 0.273. The minimum Gasteiger partial charge on any atom is -0.472 e. The van der Waals surface area contributed by atoms with Gasteiger partial charge in [0.25, 0.3) is 11.8 Å². The molecule has 2 aliphatic rings. The van der Waals surface area contributed by atoms with Crippen LogP contribution in [-0.4, -0.2) is 47.0 Å². The average Bonchev–Trinajstić information content (AvgIpc) is 3.38. The summed E-state index contributed by atoms with van der Waals surface area (Å²) in [6.07, 6.45) is 8.90. The number of amides is 2. The van der Waals surface area contributed by atoms with Crippen molar-refractivity contribution in [1.82, 2.24) is 9.80 Å². The topological polar surface area (TPSA) is 78.4 Å². The maximum Gasteiger partial charge on any atom is 0.259 e. The number of nitrogens with zero attached hydrogens (tertiary/aromatic N) is 2. The Morgan fingerprint density at radius 3 is 2.70 bits per heavy atom. The minimum absolute atomic E-state index is 0.112. The zero-order valence-electron chi connectivity index (χ0n) is 16.5. The van der Waals surface area contributed by atoms with E-state index in [1.807, 2.05) is 12.1 Å². The third-order valence-corrected chi connectivity index (χ3v) is 5.91. The van der Waals surface area contributed by atoms with Gasteiger partial charge >= 0.3 is 0 Å². The molecule has 2 atom stereocenters. The van der Waals surface area contributed by atoms with E-state index >= 15 is 0 Å². The van der Waals surface area contributed by atoms with E-state index in [1.54, 1.807) is 53.4 Å². The van der Waals surface area contributed by atoms with Crippen LogP contribution in [0.15, 0.2) is 71.2 Å². The molecule has 0 spiro atoms. The smallest absolute Gasteiger partial charge is 0.259 e. The highest BCUT2D eigenvalue weighted by Gasteiger charge is 2.55. The summed E-state index contributed by atoms with van der Waals surface area (Å²) in [7, 11) is 1.57. The molecule has 8 heteroatoms. The van der Waals surface area contributed by atoms with Gasteiger partial charge in [0.15, 0.2) is 0 Å². The summed E-state index contributed by atoms with van der Waals surface area (Å²) in [5.74, 6) is -0.286. The lowest BCUT2D eigenvalue weighted by Gasteiger charge is -2.47. The van der Waals surface area contributed by atoms with Gasteiger partial charge in [-0.1, -0.05) is 23.7 Å². The van der Waals surface area contributed by atoms with Gasteiger partial charge in [0.2, 0.25) is 0 Å². The van der Waals surface area contributed by atoms with Crippen molar-refractivity contribution in [1.29, 1.82) is 0 Å². The monoisotopic (exact) mass is 428 g/mol. The first kappa shape index (κ1) is 20.4. The molecule has 2 amide bonds. The highest BCUT2D eigenvalue weighted by molar-refractivity contribution is 6.30. The zero-order chi connectivity index (χ0) is 21.3. The number of hydrogen-bond donors (Lipinski definition) is 2. The number of carbonyl (C=O) groups is 2. The predicted octanol–water partition coefficient (Wildman–Crippen LogP) is 2.21.